The smallest absolute Gasteiger partial charge is 0.182 e. The highest BCUT2D eigenvalue weighted by Crippen LogP contribution is 2.27. The van der Waals surface area contributed by atoms with Crippen molar-refractivity contribution in [2.75, 3.05) is 49.1 Å². The molecule has 2 aliphatic rings. The zero-order chi connectivity index (χ0) is 17.5. The highest BCUT2D eigenvalue weighted by molar-refractivity contribution is 5.83. The average Bonchev–Trinajstić information content (AvgIpc) is 3.11. The number of hydrogen-bond acceptors (Lipinski definition) is 6. The van der Waals surface area contributed by atoms with Crippen molar-refractivity contribution in [3.63, 3.8) is 0 Å². The lowest BCUT2D eigenvalue weighted by Gasteiger charge is -2.48. The normalized spacial score (nSPS) is 19.1. The Balaban J connectivity index is 1.19. The monoisotopic (exact) mass is 353 g/mol. The van der Waals surface area contributed by atoms with E-state index in [1.54, 1.807) is 12.7 Å². The Hall–Kier alpha value is -2.74. The standard InChI is InChI=1S/C18H20FN7/c19-13-1-3-14(4-2-13)24-5-7-25(8-6-24)15-9-26(10-15)18-16-17(21-11-20-16)22-12-23-18/h1-4,11-12,15H,5-10H2,(H,20,21,22,23). The molecule has 2 aliphatic heterocycles. The van der Waals surface area contributed by atoms with Crippen LogP contribution in [0.15, 0.2) is 36.9 Å². The van der Waals surface area contributed by atoms with Crippen LogP contribution in [0, 0.1) is 5.82 Å². The molecule has 134 valence electrons. The average molecular weight is 353 g/mol. The minimum atomic E-state index is -0.182. The highest BCUT2D eigenvalue weighted by Gasteiger charge is 2.35. The largest absolute Gasteiger partial charge is 0.369 e. The first-order chi connectivity index (χ1) is 12.8. The number of piperazine rings is 1. The molecule has 0 spiro atoms. The summed E-state index contributed by atoms with van der Waals surface area (Å²) in [6.07, 6.45) is 3.24. The molecule has 0 bridgehead atoms. The Morgan fingerprint density at radius 3 is 2.46 bits per heavy atom. The molecule has 2 fully saturated rings. The third kappa shape index (κ3) is 2.66. The molecule has 2 aromatic heterocycles. The zero-order valence-electron chi connectivity index (χ0n) is 14.3. The molecule has 0 unspecified atom stereocenters. The second-order valence-electron chi connectivity index (χ2n) is 6.86. The van der Waals surface area contributed by atoms with Crippen LogP contribution in [0.2, 0.25) is 0 Å². The van der Waals surface area contributed by atoms with Crippen molar-refractivity contribution in [3.8, 4) is 0 Å². The van der Waals surface area contributed by atoms with Gasteiger partial charge >= 0.3 is 0 Å². The van der Waals surface area contributed by atoms with Crippen molar-refractivity contribution in [2.24, 2.45) is 0 Å². The van der Waals surface area contributed by atoms with E-state index < -0.39 is 0 Å². The minimum absolute atomic E-state index is 0.182. The maximum atomic E-state index is 13.1. The molecule has 1 aromatic carbocycles. The van der Waals surface area contributed by atoms with Gasteiger partial charge in [0.2, 0.25) is 0 Å². The van der Waals surface area contributed by atoms with Crippen LogP contribution in [0.1, 0.15) is 0 Å². The summed E-state index contributed by atoms with van der Waals surface area (Å²) in [5.74, 6) is 0.756. The molecule has 0 aliphatic carbocycles. The van der Waals surface area contributed by atoms with E-state index in [1.165, 1.54) is 12.1 Å². The van der Waals surface area contributed by atoms with E-state index in [-0.39, 0.29) is 5.82 Å². The number of imidazole rings is 1. The topological polar surface area (TPSA) is 64.2 Å². The highest BCUT2D eigenvalue weighted by atomic mass is 19.1. The number of benzene rings is 1. The predicted molar refractivity (Wildman–Crippen MR) is 97.9 cm³/mol. The number of rotatable bonds is 3. The van der Waals surface area contributed by atoms with Crippen molar-refractivity contribution in [1.82, 2.24) is 24.8 Å². The van der Waals surface area contributed by atoms with Gasteiger partial charge in [0.1, 0.15) is 17.7 Å². The van der Waals surface area contributed by atoms with Gasteiger partial charge in [0.25, 0.3) is 0 Å². The fourth-order valence-corrected chi connectivity index (χ4v) is 3.85. The molecule has 1 N–H and O–H groups in total. The first-order valence-corrected chi connectivity index (χ1v) is 8.91. The van der Waals surface area contributed by atoms with Gasteiger partial charge in [-0.1, -0.05) is 0 Å². The van der Waals surface area contributed by atoms with Gasteiger partial charge in [-0.05, 0) is 24.3 Å². The number of fused-ring (bicyclic) bond motifs is 1. The van der Waals surface area contributed by atoms with E-state index >= 15 is 0 Å². The fraction of sp³-hybridized carbons (Fsp3) is 0.389. The third-order valence-electron chi connectivity index (χ3n) is 5.39. The number of H-pyrrole nitrogens is 1. The van der Waals surface area contributed by atoms with Crippen molar-refractivity contribution in [3.05, 3.63) is 42.7 Å². The van der Waals surface area contributed by atoms with Crippen LogP contribution in [0.3, 0.4) is 0 Å². The van der Waals surface area contributed by atoms with Gasteiger partial charge in [-0.15, -0.1) is 0 Å². The molecule has 2 saturated heterocycles. The first kappa shape index (κ1) is 15.5. The van der Waals surface area contributed by atoms with Crippen molar-refractivity contribution >= 4 is 22.7 Å². The summed E-state index contributed by atoms with van der Waals surface area (Å²) in [5, 5.41) is 0. The van der Waals surface area contributed by atoms with Crippen LogP contribution in [-0.2, 0) is 0 Å². The quantitative estimate of drug-likeness (QED) is 0.770. The molecule has 0 amide bonds. The lowest BCUT2D eigenvalue weighted by molar-refractivity contribution is 0.157. The number of hydrogen-bond donors (Lipinski definition) is 1. The van der Waals surface area contributed by atoms with Gasteiger partial charge < -0.3 is 14.8 Å². The summed E-state index contributed by atoms with van der Waals surface area (Å²) < 4.78 is 13.1. The summed E-state index contributed by atoms with van der Waals surface area (Å²) in [4.78, 5) is 23.1. The Morgan fingerprint density at radius 2 is 1.69 bits per heavy atom. The third-order valence-corrected chi connectivity index (χ3v) is 5.39. The van der Waals surface area contributed by atoms with Gasteiger partial charge in [-0.25, -0.2) is 19.3 Å². The molecular formula is C18H20FN7. The molecule has 8 heteroatoms. The Labute approximate surface area is 150 Å². The van der Waals surface area contributed by atoms with Crippen molar-refractivity contribution in [1.29, 1.82) is 0 Å². The summed E-state index contributed by atoms with van der Waals surface area (Å²) in [7, 11) is 0. The summed E-state index contributed by atoms with van der Waals surface area (Å²) >= 11 is 0. The van der Waals surface area contributed by atoms with Crippen LogP contribution >= 0.6 is 0 Å². The van der Waals surface area contributed by atoms with E-state index in [9.17, 15) is 4.39 Å². The first-order valence-electron chi connectivity index (χ1n) is 8.91. The molecule has 0 atom stereocenters. The van der Waals surface area contributed by atoms with Crippen LogP contribution in [-0.4, -0.2) is 70.1 Å². The van der Waals surface area contributed by atoms with E-state index in [1.807, 2.05) is 12.1 Å². The second kappa shape index (κ2) is 6.21. The van der Waals surface area contributed by atoms with E-state index in [0.29, 0.717) is 11.7 Å². The van der Waals surface area contributed by atoms with Crippen LogP contribution < -0.4 is 9.80 Å². The van der Waals surface area contributed by atoms with Gasteiger partial charge in [-0.2, -0.15) is 0 Å². The molecule has 0 saturated carbocycles. The summed E-state index contributed by atoms with van der Waals surface area (Å²) in [5.41, 5.74) is 2.72. The molecule has 3 aromatic rings. The Kier molecular flexibility index (Phi) is 3.70. The van der Waals surface area contributed by atoms with E-state index in [2.05, 4.69) is 34.6 Å². The SMILES string of the molecule is Fc1ccc(N2CCN(C3CN(c4ncnc5nc[nH]c45)C3)CC2)cc1. The molecule has 5 rings (SSSR count). The Morgan fingerprint density at radius 1 is 0.923 bits per heavy atom. The number of halogens is 1. The predicted octanol–water partition coefficient (Wildman–Crippen LogP) is 1.50. The molecule has 0 radical (unpaired) electrons. The number of anilines is 2. The Bertz CT molecular complexity index is 895. The lowest BCUT2D eigenvalue weighted by atomic mass is 10.1. The number of aromatic amines is 1. The second-order valence-corrected chi connectivity index (χ2v) is 6.86. The molecular weight excluding hydrogens is 333 g/mol. The number of nitrogens with zero attached hydrogens (tertiary/aromatic N) is 6. The van der Waals surface area contributed by atoms with Crippen LogP contribution in [0.5, 0.6) is 0 Å². The van der Waals surface area contributed by atoms with Gasteiger partial charge in [0, 0.05) is 51.0 Å². The molecule has 26 heavy (non-hydrogen) atoms. The maximum Gasteiger partial charge on any atom is 0.182 e. The summed E-state index contributed by atoms with van der Waals surface area (Å²) in [6, 6.07) is 7.34. The summed E-state index contributed by atoms with van der Waals surface area (Å²) in [6.45, 7) is 5.95. The van der Waals surface area contributed by atoms with Gasteiger partial charge in [0.15, 0.2) is 11.5 Å². The van der Waals surface area contributed by atoms with Crippen LogP contribution in [0.25, 0.3) is 11.2 Å². The van der Waals surface area contributed by atoms with Crippen molar-refractivity contribution in [2.45, 2.75) is 6.04 Å². The van der Waals surface area contributed by atoms with Crippen molar-refractivity contribution < 1.29 is 4.39 Å². The molecule has 7 nitrogen and oxygen atoms in total. The van der Waals surface area contributed by atoms with Gasteiger partial charge in [-0.3, -0.25) is 4.90 Å². The zero-order valence-corrected chi connectivity index (χ0v) is 14.3. The van der Waals surface area contributed by atoms with Gasteiger partial charge in [0.05, 0.1) is 6.33 Å². The molecule has 4 heterocycles. The van der Waals surface area contributed by atoms with E-state index in [4.69, 9.17) is 0 Å². The number of nitrogens with one attached hydrogen (secondary N) is 1. The van der Waals surface area contributed by atoms with E-state index in [0.717, 1.165) is 56.3 Å². The lowest BCUT2D eigenvalue weighted by Crippen LogP contribution is -2.63. The van der Waals surface area contributed by atoms with Crippen LogP contribution in [0.4, 0.5) is 15.9 Å². The number of aromatic nitrogens is 4. The fourth-order valence-electron chi connectivity index (χ4n) is 3.85. The minimum Gasteiger partial charge on any atom is -0.369 e. The maximum absolute atomic E-state index is 13.1.